The van der Waals surface area contributed by atoms with Gasteiger partial charge in [0, 0.05) is 17.5 Å². The molecular formula is C14H19N3S. The lowest BCUT2D eigenvalue weighted by molar-refractivity contribution is 0.386. The lowest BCUT2D eigenvalue weighted by Gasteiger charge is -2.25. The van der Waals surface area contributed by atoms with Crippen molar-refractivity contribution in [2.45, 2.75) is 55.0 Å². The van der Waals surface area contributed by atoms with Crippen molar-refractivity contribution >= 4 is 11.8 Å². The molecule has 0 bridgehead atoms. The fourth-order valence-electron chi connectivity index (χ4n) is 2.51. The second-order valence-electron chi connectivity index (χ2n) is 5.14. The lowest BCUT2D eigenvalue weighted by atomic mass is 9.99. The van der Waals surface area contributed by atoms with E-state index >= 15 is 0 Å². The molecule has 1 aromatic heterocycles. The summed E-state index contributed by atoms with van der Waals surface area (Å²) in [6.45, 7) is 4.19. The molecule has 0 amide bonds. The summed E-state index contributed by atoms with van der Waals surface area (Å²) in [4.78, 5) is 4.34. The summed E-state index contributed by atoms with van der Waals surface area (Å²) in [5.41, 5.74) is -0.333. The summed E-state index contributed by atoms with van der Waals surface area (Å²) in [6, 6.07) is 8.80. The zero-order valence-electron chi connectivity index (χ0n) is 10.9. The minimum Gasteiger partial charge on any atom is -0.297 e. The van der Waals surface area contributed by atoms with E-state index in [1.54, 1.807) is 11.8 Å². The molecule has 1 aliphatic carbocycles. The van der Waals surface area contributed by atoms with Crippen LogP contribution in [0.3, 0.4) is 0 Å². The maximum atomic E-state index is 9.41. The van der Waals surface area contributed by atoms with Gasteiger partial charge in [-0.1, -0.05) is 6.07 Å². The van der Waals surface area contributed by atoms with E-state index in [2.05, 4.69) is 30.2 Å². The van der Waals surface area contributed by atoms with Gasteiger partial charge < -0.3 is 0 Å². The summed E-state index contributed by atoms with van der Waals surface area (Å²) in [7, 11) is 0. The Morgan fingerprint density at radius 2 is 2.39 bits per heavy atom. The number of thioether (sulfide) groups is 1. The predicted octanol–water partition coefficient (Wildman–Crippen LogP) is 2.99. The molecule has 0 aromatic carbocycles. The van der Waals surface area contributed by atoms with Crippen LogP contribution < -0.4 is 5.32 Å². The highest BCUT2D eigenvalue weighted by Crippen LogP contribution is 2.39. The van der Waals surface area contributed by atoms with Gasteiger partial charge in [-0.2, -0.15) is 5.26 Å². The third kappa shape index (κ3) is 3.24. The Balaban J connectivity index is 1.97. The van der Waals surface area contributed by atoms with Crippen molar-refractivity contribution in [1.82, 2.24) is 10.3 Å². The topological polar surface area (TPSA) is 48.7 Å². The van der Waals surface area contributed by atoms with E-state index in [0.29, 0.717) is 11.3 Å². The quantitative estimate of drug-likeness (QED) is 0.905. The van der Waals surface area contributed by atoms with Gasteiger partial charge in [-0.3, -0.25) is 5.32 Å². The standard InChI is InChI=1S/C14H19N3S/c1-11(2)17-14(10-15)7-6-12(9-14)18-13-5-3-4-8-16-13/h3-5,8,11-12,17H,6-7,9H2,1-2H3. The molecule has 0 spiro atoms. The van der Waals surface area contributed by atoms with Gasteiger partial charge >= 0.3 is 0 Å². The molecule has 18 heavy (non-hydrogen) atoms. The zero-order chi connectivity index (χ0) is 13.0. The summed E-state index contributed by atoms with van der Waals surface area (Å²) in [5.74, 6) is 0. The number of pyridine rings is 1. The summed E-state index contributed by atoms with van der Waals surface area (Å²) in [5, 5.41) is 14.4. The summed E-state index contributed by atoms with van der Waals surface area (Å²) in [6.07, 6.45) is 4.74. The Labute approximate surface area is 113 Å². The van der Waals surface area contributed by atoms with Crippen LogP contribution in [0.4, 0.5) is 0 Å². The molecule has 0 saturated heterocycles. The largest absolute Gasteiger partial charge is 0.297 e. The van der Waals surface area contributed by atoms with Gasteiger partial charge in [-0.05, 0) is 45.2 Å². The van der Waals surface area contributed by atoms with Crippen LogP contribution in [0, 0.1) is 11.3 Å². The molecule has 1 N–H and O–H groups in total. The van der Waals surface area contributed by atoms with E-state index in [1.807, 2.05) is 24.4 Å². The minimum atomic E-state index is -0.333. The Morgan fingerprint density at radius 3 is 3.00 bits per heavy atom. The van der Waals surface area contributed by atoms with Crippen LogP contribution >= 0.6 is 11.8 Å². The minimum absolute atomic E-state index is 0.333. The van der Waals surface area contributed by atoms with Gasteiger partial charge in [0.2, 0.25) is 0 Å². The number of rotatable bonds is 4. The predicted molar refractivity (Wildman–Crippen MR) is 74.3 cm³/mol. The number of hydrogen-bond donors (Lipinski definition) is 1. The number of nitrogens with one attached hydrogen (secondary N) is 1. The third-order valence-electron chi connectivity index (χ3n) is 3.17. The smallest absolute Gasteiger partial charge is 0.108 e. The van der Waals surface area contributed by atoms with E-state index in [1.165, 1.54) is 0 Å². The second-order valence-corrected chi connectivity index (χ2v) is 6.46. The molecule has 4 heteroatoms. The highest BCUT2D eigenvalue weighted by molar-refractivity contribution is 7.99. The summed E-state index contributed by atoms with van der Waals surface area (Å²) >= 11 is 1.79. The molecule has 1 heterocycles. The van der Waals surface area contributed by atoms with E-state index in [-0.39, 0.29) is 5.54 Å². The molecule has 3 nitrogen and oxygen atoms in total. The molecule has 1 aromatic rings. The van der Waals surface area contributed by atoms with Crippen LogP contribution in [0.5, 0.6) is 0 Å². The molecule has 1 aliphatic rings. The van der Waals surface area contributed by atoms with Crippen molar-refractivity contribution in [2.24, 2.45) is 0 Å². The van der Waals surface area contributed by atoms with E-state index in [9.17, 15) is 5.26 Å². The molecule has 2 unspecified atom stereocenters. The number of nitriles is 1. The maximum absolute atomic E-state index is 9.41. The van der Waals surface area contributed by atoms with Crippen molar-refractivity contribution in [1.29, 1.82) is 5.26 Å². The van der Waals surface area contributed by atoms with E-state index in [4.69, 9.17) is 0 Å². The molecule has 0 radical (unpaired) electrons. The van der Waals surface area contributed by atoms with E-state index < -0.39 is 0 Å². The van der Waals surface area contributed by atoms with Crippen LogP contribution in [0.25, 0.3) is 0 Å². The Hall–Kier alpha value is -1.05. The molecule has 0 aliphatic heterocycles. The van der Waals surface area contributed by atoms with Crippen molar-refractivity contribution in [2.75, 3.05) is 0 Å². The van der Waals surface area contributed by atoms with Gasteiger partial charge in [0.1, 0.15) is 5.54 Å². The first-order chi connectivity index (χ1) is 8.63. The Kier molecular flexibility index (Phi) is 4.26. The van der Waals surface area contributed by atoms with Crippen LogP contribution in [0.1, 0.15) is 33.1 Å². The van der Waals surface area contributed by atoms with Gasteiger partial charge in [-0.25, -0.2) is 4.98 Å². The first kappa shape index (κ1) is 13.4. The molecule has 2 atom stereocenters. The Bertz CT molecular complexity index is 426. The van der Waals surface area contributed by atoms with Gasteiger partial charge in [0.15, 0.2) is 0 Å². The van der Waals surface area contributed by atoms with Crippen molar-refractivity contribution in [3.63, 3.8) is 0 Å². The van der Waals surface area contributed by atoms with Crippen LogP contribution in [-0.2, 0) is 0 Å². The third-order valence-corrected chi connectivity index (χ3v) is 4.39. The average Bonchev–Trinajstić information content (AvgIpc) is 2.73. The monoisotopic (exact) mass is 261 g/mol. The van der Waals surface area contributed by atoms with Crippen LogP contribution in [-0.4, -0.2) is 21.8 Å². The first-order valence-corrected chi connectivity index (χ1v) is 7.28. The van der Waals surface area contributed by atoms with Crippen molar-refractivity contribution < 1.29 is 0 Å². The fraction of sp³-hybridized carbons (Fsp3) is 0.571. The van der Waals surface area contributed by atoms with Crippen LogP contribution in [0.15, 0.2) is 29.4 Å². The molecule has 1 fully saturated rings. The highest BCUT2D eigenvalue weighted by atomic mass is 32.2. The average molecular weight is 261 g/mol. The number of aromatic nitrogens is 1. The molecule has 96 valence electrons. The van der Waals surface area contributed by atoms with Gasteiger partial charge in [0.05, 0.1) is 11.1 Å². The second kappa shape index (κ2) is 5.73. The molecule has 1 saturated carbocycles. The SMILES string of the molecule is CC(C)NC1(C#N)CCC(Sc2ccccn2)C1. The van der Waals surface area contributed by atoms with E-state index in [0.717, 1.165) is 24.3 Å². The van der Waals surface area contributed by atoms with Crippen LogP contribution in [0.2, 0.25) is 0 Å². The van der Waals surface area contributed by atoms with Gasteiger partial charge in [-0.15, -0.1) is 11.8 Å². The highest BCUT2D eigenvalue weighted by Gasteiger charge is 2.40. The first-order valence-electron chi connectivity index (χ1n) is 6.40. The number of nitrogens with zero attached hydrogens (tertiary/aromatic N) is 2. The van der Waals surface area contributed by atoms with Crippen molar-refractivity contribution in [3.8, 4) is 6.07 Å². The van der Waals surface area contributed by atoms with Crippen molar-refractivity contribution in [3.05, 3.63) is 24.4 Å². The molecular weight excluding hydrogens is 242 g/mol. The number of hydrogen-bond acceptors (Lipinski definition) is 4. The van der Waals surface area contributed by atoms with Gasteiger partial charge in [0.25, 0.3) is 0 Å². The Morgan fingerprint density at radius 1 is 1.56 bits per heavy atom. The maximum Gasteiger partial charge on any atom is 0.108 e. The zero-order valence-corrected chi connectivity index (χ0v) is 11.7. The lowest BCUT2D eigenvalue weighted by Crippen LogP contribution is -2.45. The molecule has 2 rings (SSSR count). The normalized spacial score (nSPS) is 27.3. The fourth-order valence-corrected chi connectivity index (χ4v) is 3.73. The summed E-state index contributed by atoms with van der Waals surface area (Å²) < 4.78 is 0.